The molecule has 1 aliphatic carbocycles. The fourth-order valence-corrected chi connectivity index (χ4v) is 7.65. The number of anilines is 1. The fraction of sp³-hybridized carbons (Fsp3) is 0.485. The van der Waals surface area contributed by atoms with Crippen LogP contribution in [0.5, 0.6) is 0 Å². The highest BCUT2D eigenvalue weighted by Crippen LogP contribution is 2.55. The van der Waals surface area contributed by atoms with E-state index in [4.69, 9.17) is 19.3 Å². The van der Waals surface area contributed by atoms with Crippen molar-refractivity contribution < 1.29 is 41.2 Å². The number of hydrogen-bond donors (Lipinski definition) is 3. The van der Waals surface area contributed by atoms with Crippen LogP contribution in [0.25, 0.3) is 11.3 Å². The zero-order valence-electron chi connectivity index (χ0n) is 27.6. The van der Waals surface area contributed by atoms with Gasteiger partial charge in [-0.05, 0) is 119 Å². The van der Waals surface area contributed by atoms with E-state index in [1.165, 1.54) is 30.5 Å². The molecule has 48 heavy (non-hydrogen) atoms. The molecule has 1 unspecified atom stereocenters. The van der Waals surface area contributed by atoms with Gasteiger partial charge in [0.25, 0.3) is 5.91 Å². The summed E-state index contributed by atoms with van der Waals surface area (Å²) in [6.45, 7) is 9.57. The molecule has 4 atom stereocenters. The van der Waals surface area contributed by atoms with Crippen molar-refractivity contribution in [3.63, 3.8) is 0 Å². The molecule has 4 N–H and O–H groups in total. The smallest absolute Gasteiger partial charge is 0.390 e. The minimum atomic E-state index is -4.23. The summed E-state index contributed by atoms with van der Waals surface area (Å²) in [5.41, 5.74) is 5.00. The van der Waals surface area contributed by atoms with Crippen LogP contribution in [0.2, 0.25) is 0 Å². The Balaban J connectivity index is 1.60. The van der Waals surface area contributed by atoms with Gasteiger partial charge in [-0.2, -0.15) is 0 Å². The number of aliphatic hydroxyl groups is 1. The van der Waals surface area contributed by atoms with Crippen LogP contribution in [0, 0.1) is 15.2 Å². The topological polar surface area (TPSA) is 146 Å². The SMILES string of the molecule is CC(C)(C)OP(=O)(OCC(NC(=O)c1ccc(-c2nc([C@@H]3CC[C@@H](O)[C@H](F)C3)cnc2N)cc1F)c1cc(F)cc(I)c1)OC(C)(C)C. The number of hydrogen-bond acceptors (Lipinski definition) is 9. The lowest BCUT2D eigenvalue weighted by Crippen LogP contribution is -2.33. The van der Waals surface area contributed by atoms with Crippen molar-refractivity contribution in [2.45, 2.75) is 96.2 Å². The van der Waals surface area contributed by atoms with Crippen LogP contribution < -0.4 is 11.1 Å². The number of nitrogens with one attached hydrogen (secondary N) is 1. The van der Waals surface area contributed by atoms with Gasteiger partial charge in [0.05, 0.1) is 47.4 Å². The Morgan fingerprint density at radius 2 is 1.77 bits per heavy atom. The van der Waals surface area contributed by atoms with E-state index >= 15 is 4.39 Å². The highest BCUT2D eigenvalue weighted by atomic mass is 127. The molecule has 4 rings (SSSR count). The molecule has 1 saturated carbocycles. The summed E-state index contributed by atoms with van der Waals surface area (Å²) in [5.74, 6) is -2.64. The molecular weight excluding hydrogens is 763 g/mol. The summed E-state index contributed by atoms with van der Waals surface area (Å²) in [4.78, 5) is 22.2. The van der Waals surface area contributed by atoms with Crippen LogP contribution in [-0.2, 0) is 18.1 Å². The monoisotopic (exact) mass is 804 g/mol. The second kappa shape index (κ2) is 15.1. The number of amides is 1. The number of halogens is 4. The minimum absolute atomic E-state index is 0.0142. The van der Waals surface area contributed by atoms with Crippen molar-refractivity contribution in [3.8, 4) is 11.3 Å². The van der Waals surface area contributed by atoms with E-state index < -0.39 is 61.5 Å². The van der Waals surface area contributed by atoms with Gasteiger partial charge in [0.2, 0.25) is 0 Å². The number of aliphatic hydroxyl groups excluding tert-OH is 1. The number of alkyl halides is 1. The van der Waals surface area contributed by atoms with Crippen molar-refractivity contribution in [1.29, 1.82) is 0 Å². The third-order valence-electron chi connectivity index (χ3n) is 7.23. The molecule has 0 saturated heterocycles. The van der Waals surface area contributed by atoms with Gasteiger partial charge in [0.1, 0.15) is 29.3 Å². The molecule has 0 bridgehead atoms. The molecule has 2 aromatic carbocycles. The first-order chi connectivity index (χ1) is 22.2. The van der Waals surface area contributed by atoms with Crippen LogP contribution in [0.1, 0.15) is 94.4 Å². The Bertz CT molecular complexity index is 1650. The van der Waals surface area contributed by atoms with E-state index in [1.807, 2.05) is 22.6 Å². The Morgan fingerprint density at radius 3 is 2.35 bits per heavy atom. The van der Waals surface area contributed by atoms with E-state index in [-0.39, 0.29) is 47.0 Å². The van der Waals surface area contributed by atoms with Gasteiger partial charge >= 0.3 is 7.82 Å². The Hall–Kier alpha value is -2.62. The van der Waals surface area contributed by atoms with E-state index in [0.29, 0.717) is 15.7 Å². The molecule has 0 spiro atoms. The summed E-state index contributed by atoms with van der Waals surface area (Å²) in [5, 5.41) is 12.4. The maximum Gasteiger partial charge on any atom is 0.475 e. The molecule has 1 aliphatic rings. The predicted octanol–water partition coefficient (Wildman–Crippen LogP) is 7.80. The van der Waals surface area contributed by atoms with Gasteiger partial charge in [0.15, 0.2) is 0 Å². The average Bonchev–Trinajstić information content (AvgIpc) is 2.94. The van der Waals surface area contributed by atoms with Crippen molar-refractivity contribution in [2.24, 2.45) is 0 Å². The van der Waals surface area contributed by atoms with Crippen LogP contribution in [0.15, 0.2) is 42.6 Å². The molecule has 1 amide bonds. The molecule has 1 fully saturated rings. The molecule has 10 nitrogen and oxygen atoms in total. The zero-order chi connectivity index (χ0) is 35.6. The minimum Gasteiger partial charge on any atom is -0.390 e. The number of aromatic nitrogens is 2. The third kappa shape index (κ3) is 10.4. The summed E-state index contributed by atoms with van der Waals surface area (Å²) in [6, 6.07) is 6.74. The number of nitrogens with zero attached hydrogens (tertiary/aromatic N) is 2. The van der Waals surface area contributed by atoms with Gasteiger partial charge in [-0.25, -0.2) is 27.7 Å². The molecule has 3 aromatic rings. The normalized spacial score (nSPS) is 19.6. The van der Waals surface area contributed by atoms with Gasteiger partial charge in [-0.15, -0.1) is 0 Å². The summed E-state index contributed by atoms with van der Waals surface area (Å²) < 4.78 is 75.6. The first-order valence-corrected chi connectivity index (χ1v) is 17.9. The van der Waals surface area contributed by atoms with Gasteiger partial charge in [-0.3, -0.25) is 18.4 Å². The third-order valence-corrected chi connectivity index (χ3v) is 9.86. The average molecular weight is 805 g/mol. The molecule has 0 aliphatic heterocycles. The highest BCUT2D eigenvalue weighted by Gasteiger charge is 2.38. The molecule has 15 heteroatoms. The van der Waals surface area contributed by atoms with Gasteiger partial charge in [0, 0.05) is 15.1 Å². The first kappa shape index (κ1) is 38.2. The highest BCUT2D eigenvalue weighted by molar-refractivity contribution is 14.1. The number of carbonyl (C=O) groups is 1. The lowest BCUT2D eigenvalue weighted by Gasteiger charge is -2.32. The Kier molecular flexibility index (Phi) is 12.0. The predicted molar refractivity (Wildman–Crippen MR) is 184 cm³/mol. The van der Waals surface area contributed by atoms with Crippen LogP contribution in [-0.4, -0.2) is 51.1 Å². The van der Waals surface area contributed by atoms with Crippen LogP contribution in [0.3, 0.4) is 0 Å². The van der Waals surface area contributed by atoms with Crippen molar-refractivity contribution in [2.75, 3.05) is 12.3 Å². The number of nitrogen functional groups attached to an aromatic ring is 1. The molecule has 0 radical (unpaired) electrons. The van der Waals surface area contributed by atoms with Crippen molar-refractivity contribution >= 4 is 42.1 Å². The number of rotatable bonds is 10. The summed E-state index contributed by atoms with van der Waals surface area (Å²) >= 11 is 1.92. The van der Waals surface area contributed by atoms with Gasteiger partial charge in [-0.1, -0.05) is 6.07 Å². The number of carbonyl (C=O) groups excluding carboxylic acids is 1. The number of phosphoric acid groups is 1. The second-order valence-corrected chi connectivity index (χ2v) is 16.5. The largest absolute Gasteiger partial charge is 0.475 e. The number of phosphoric ester groups is 1. The van der Waals surface area contributed by atoms with Crippen LogP contribution >= 0.6 is 30.4 Å². The standard InChI is InChI=1S/C33H41F3IN4O6P/c1-32(2,3)46-48(44,47-33(4,5)6)45-17-27(20-11-21(34)15-22(37)12-20)41-31(43)23-9-7-19(14-24(23)35)29-30(38)39-16-26(40-29)18-8-10-28(42)25(36)13-18/h7,9,11-12,14-16,18,25,27-28,42H,8,10,13,17H2,1-6H3,(H2,38,39)(H,41,43)/t18-,25-,27?,28-/m1/s1. The molecular formula is C33H41F3IN4O6P. The van der Waals surface area contributed by atoms with Gasteiger partial charge < -0.3 is 16.2 Å². The maximum absolute atomic E-state index is 15.6. The summed E-state index contributed by atoms with van der Waals surface area (Å²) in [6.07, 6.45) is -0.123. The second-order valence-electron chi connectivity index (χ2n) is 13.7. The molecule has 262 valence electrons. The zero-order valence-corrected chi connectivity index (χ0v) is 30.7. The number of nitrogens with two attached hydrogens (primary N) is 1. The van der Waals surface area contributed by atoms with Crippen molar-refractivity contribution in [3.05, 3.63) is 74.6 Å². The Morgan fingerprint density at radius 1 is 1.10 bits per heavy atom. The van der Waals surface area contributed by atoms with E-state index in [2.05, 4.69) is 15.3 Å². The van der Waals surface area contributed by atoms with E-state index in [1.54, 1.807) is 47.6 Å². The Labute approximate surface area is 292 Å². The lowest BCUT2D eigenvalue weighted by molar-refractivity contribution is 0.000610. The first-order valence-electron chi connectivity index (χ1n) is 15.4. The number of benzene rings is 2. The molecule has 1 heterocycles. The molecule has 1 aromatic heterocycles. The van der Waals surface area contributed by atoms with E-state index in [9.17, 15) is 23.2 Å². The fourth-order valence-electron chi connectivity index (χ4n) is 5.18. The van der Waals surface area contributed by atoms with Crippen molar-refractivity contribution in [1.82, 2.24) is 15.3 Å². The van der Waals surface area contributed by atoms with Crippen LogP contribution in [0.4, 0.5) is 19.0 Å². The van der Waals surface area contributed by atoms with E-state index in [0.717, 1.165) is 6.07 Å². The lowest BCUT2D eigenvalue weighted by atomic mass is 9.84. The summed E-state index contributed by atoms with van der Waals surface area (Å²) in [7, 11) is -4.23. The maximum atomic E-state index is 15.6. The quantitative estimate of drug-likeness (QED) is 0.138.